The molecule has 0 saturated carbocycles. The average molecular weight is 398 g/mol. The van der Waals surface area contributed by atoms with Crippen LogP contribution in [0.15, 0.2) is 36.8 Å². The van der Waals surface area contributed by atoms with E-state index in [0.717, 1.165) is 58.6 Å². The minimum Gasteiger partial charge on any atom is -0.378 e. The number of nitrogens with zero attached hydrogens (tertiary/aromatic N) is 6. The SMILES string of the molecule is Cc1cnc(Cc2nc3cnc4ccc(C#N)cc4c3n2C2CCO[C@H](C)C2)cn1. The van der Waals surface area contributed by atoms with Crippen molar-refractivity contribution in [1.82, 2.24) is 24.5 Å². The molecule has 7 heteroatoms. The summed E-state index contributed by atoms with van der Waals surface area (Å²) in [5.74, 6) is 0.943. The van der Waals surface area contributed by atoms with Crippen molar-refractivity contribution in [3.63, 3.8) is 0 Å². The number of aryl methyl sites for hydroxylation is 1. The van der Waals surface area contributed by atoms with Gasteiger partial charge >= 0.3 is 0 Å². The predicted octanol–water partition coefficient (Wildman–Crippen LogP) is 3.89. The van der Waals surface area contributed by atoms with Gasteiger partial charge in [0.2, 0.25) is 0 Å². The van der Waals surface area contributed by atoms with Crippen LogP contribution in [0.2, 0.25) is 0 Å². The molecule has 4 aromatic rings. The van der Waals surface area contributed by atoms with E-state index in [2.05, 4.69) is 32.5 Å². The molecule has 0 spiro atoms. The summed E-state index contributed by atoms with van der Waals surface area (Å²) >= 11 is 0. The lowest BCUT2D eigenvalue weighted by Crippen LogP contribution is -2.26. The van der Waals surface area contributed by atoms with Crippen molar-refractivity contribution in [1.29, 1.82) is 5.26 Å². The third kappa shape index (κ3) is 3.29. The molecule has 2 atom stereocenters. The molecular formula is C23H22N6O. The summed E-state index contributed by atoms with van der Waals surface area (Å²) in [5.41, 5.74) is 5.13. The summed E-state index contributed by atoms with van der Waals surface area (Å²) in [7, 11) is 0. The standard InChI is InChI=1S/C23H22N6O/c1-14-11-26-17(12-25-14)9-22-28-21-13-27-20-4-3-16(10-24)8-19(20)23(21)29(22)18-5-6-30-15(2)7-18/h3-4,8,11-13,15,18H,5-7,9H2,1-2H3/t15-,18?/m1/s1. The summed E-state index contributed by atoms with van der Waals surface area (Å²) in [5, 5.41) is 10.4. The molecule has 1 fully saturated rings. The average Bonchev–Trinajstić information content (AvgIpc) is 3.13. The van der Waals surface area contributed by atoms with Gasteiger partial charge in [0.25, 0.3) is 0 Å². The Labute approximate surface area is 174 Å². The molecule has 1 aliphatic heterocycles. The van der Waals surface area contributed by atoms with Crippen LogP contribution in [0.25, 0.3) is 21.9 Å². The summed E-state index contributed by atoms with van der Waals surface area (Å²) < 4.78 is 8.14. The molecule has 3 aromatic heterocycles. The highest BCUT2D eigenvalue weighted by molar-refractivity contribution is 6.02. The third-order valence-corrected chi connectivity index (χ3v) is 5.71. The molecule has 0 bridgehead atoms. The van der Waals surface area contributed by atoms with Gasteiger partial charge in [-0.3, -0.25) is 15.0 Å². The number of benzene rings is 1. The zero-order valence-electron chi connectivity index (χ0n) is 17.0. The Morgan fingerprint density at radius 1 is 1.17 bits per heavy atom. The second-order valence-electron chi connectivity index (χ2n) is 7.92. The van der Waals surface area contributed by atoms with Gasteiger partial charge in [0, 0.05) is 36.8 Å². The Kier molecular flexibility index (Phi) is 4.64. The largest absolute Gasteiger partial charge is 0.378 e. The van der Waals surface area contributed by atoms with Crippen LogP contribution in [0.4, 0.5) is 0 Å². The van der Waals surface area contributed by atoms with Gasteiger partial charge in [0.05, 0.1) is 46.4 Å². The molecule has 150 valence electrons. The Morgan fingerprint density at radius 3 is 2.83 bits per heavy atom. The molecule has 0 radical (unpaired) electrons. The molecular weight excluding hydrogens is 376 g/mol. The van der Waals surface area contributed by atoms with Gasteiger partial charge in [-0.25, -0.2) is 4.98 Å². The van der Waals surface area contributed by atoms with Gasteiger partial charge in [-0.05, 0) is 44.9 Å². The first-order valence-corrected chi connectivity index (χ1v) is 10.2. The second kappa shape index (κ2) is 7.47. The molecule has 1 aromatic carbocycles. The van der Waals surface area contributed by atoms with Crippen molar-refractivity contribution >= 4 is 21.9 Å². The lowest BCUT2D eigenvalue weighted by atomic mass is 10.0. The fraction of sp³-hybridized carbons (Fsp3) is 0.348. The molecule has 0 N–H and O–H groups in total. The number of aromatic nitrogens is 5. The van der Waals surface area contributed by atoms with E-state index in [9.17, 15) is 5.26 Å². The molecule has 0 aliphatic carbocycles. The van der Waals surface area contributed by atoms with Gasteiger partial charge < -0.3 is 9.30 Å². The predicted molar refractivity (Wildman–Crippen MR) is 113 cm³/mol. The molecule has 0 amide bonds. The Balaban J connectivity index is 1.74. The minimum atomic E-state index is 0.191. The van der Waals surface area contributed by atoms with Crippen molar-refractivity contribution in [2.24, 2.45) is 0 Å². The zero-order chi connectivity index (χ0) is 20.7. The van der Waals surface area contributed by atoms with Gasteiger partial charge in [-0.1, -0.05) is 0 Å². The molecule has 4 heterocycles. The molecule has 1 unspecified atom stereocenters. The van der Waals surface area contributed by atoms with Crippen LogP contribution >= 0.6 is 0 Å². The van der Waals surface area contributed by atoms with Crippen LogP contribution < -0.4 is 0 Å². The highest BCUT2D eigenvalue weighted by Gasteiger charge is 2.26. The quantitative estimate of drug-likeness (QED) is 0.520. The van der Waals surface area contributed by atoms with Crippen LogP contribution in [0.5, 0.6) is 0 Å². The zero-order valence-corrected chi connectivity index (χ0v) is 17.0. The monoisotopic (exact) mass is 398 g/mol. The number of hydrogen-bond donors (Lipinski definition) is 0. The van der Waals surface area contributed by atoms with E-state index >= 15 is 0 Å². The van der Waals surface area contributed by atoms with Crippen molar-refractivity contribution < 1.29 is 4.74 Å². The first-order valence-electron chi connectivity index (χ1n) is 10.2. The minimum absolute atomic E-state index is 0.191. The maximum absolute atomic E-state index is 9.42. The van der Waals surface area contributed by atoms with Crippen LogP contribution in [0.1, 0.15) is 48.6 Å². The fourth-order valence-electron chi connectivity index (χ4n) is 4.29. The van der Waals surface area contributed by atoms with E-state index in [1.807, 2.05) is 31.5 Å². The lowest BCUT2D eigenvalue weighted by molar-refractivity contribution is 0.00631. The maximum atomic E-state index is 9.42. The number of ether oxygens (including phenoxy) is 1. The van der Waals surface area contributed by atoms with Crippen LogP contribution in [0, 0.1) is 18.3 Å². The highest BCUT2D eigenvalue weighted by Crippen LogP contribution is 2.34. The topological polar surface area (TPSA) is 89.5 Å². The van der Waals surface area contributed by atoms with E-state index in [4.69, 9.17) is 9.72 Å². The first-order chi connectivity index (χ1) is 14.6. The van der Waals surface area contributed by atoms with E-state index < -0.39 is 0 Å². The Bertz CT molecular complexity index is 1270. The van der Waals surface area contributed by atoms with Gasteiger partial charge in [-0.2, -0.15) is 5.26 Å². The van der Waals surface area contributed by atoms with Gasteiger partial charge in [0.1, 0.15) is 11.3 Å². The van der Waals surface area contributed by atoms with Crippen LogP contribution in [0.3, 0.4) is 0 Å². The highest BCUT2D eigenvalue weighted by atomic mass is 16.5. The fourth-order valence-corrected chi connectivity index (χ4v) is 4.29. The normalized spacial score (nSPS) is 19.2. The molecule has 30 heavy (non-hydrogen) atoms. The Morgan fingerprint density at radius 2 is 2.07 bits per heavy atom. The van der Waals surface area contributed by atoms with E-state index in [1.54, 1.807) is 12.3 Å². The second-order valence-corrected chi connectivity index (χ2v) is 7.92. The molecule has 1 aliphatic rings. The summed E-state index contributed by atoms with van der Waals surface area (Å²) in [4.78, 5) is 18.4. The molecule has 7 nitrogen and oxygen atoms in total. The number of fused-ring (bicyclic) bond motifs is 3. The molecule has 1 saturated heterocycles. The van der Waals surface area contributed by atoms with Crippen molar-refractivity contribution in [3.8, 4) is 6.07 Å². The van der Waals surface area contributed by atoms with Crippen LogP contribution in [-0.2, 0) is 11.2 Å². The van der Waals surface area contributed by atoms with E-state index in [-0.39, 0.29) is 12.1 Å². The van der Waals surface area contributed by atoms with Crippen LogP contribution in [-0.4, -0.2) is 37.2 Å². The number of hydrogen-bond acceptors (Lipinski definition) is 6. The van der Waals surface area contributed by atoms with E-state index in [0.29, 0.717) is 12.0 Å². The lowest BCUT2D eigenvalue weighted by Gasteiger charge is -2.30. The van der Waals surface area contributed by atoms with Crippen molar-refractivity contribution in [2.75, 3.05) is 6.61 Å². The summed E-state index contributed by atoms with van der Waals surface area (Å²) in [6, 6.07) is 8.14. The smallest absolute Gasteiger partial charge is 0.116 e. The summed E-state index contributed by atoms with van der Waals surface area (Å²) in [6.45, 7) is 4.77. The number of pyridine rings is 1. The number of rotatable bonds is 3. The summed E-state index contributed by atoms with van der Waals surface area (Å²) in [6.07, 6.45) is 8.05. The van der Waals surface area contributed by atoms with Gasteiger partial charge in [-0.15, -0.1) is 0 Å². The molecule has 5 rings (SSSR count). The Hall–Kier alpha value is -3.37. The number of imidazole rings is 1. The van der Waals surface area contributed by atoms with E-state index in [1.165, 1.54) is 0 Å². The van der Waals surface area contributed by atoms with Crippen molar-refractivity contribution in [2.45, 2.75) is 45.3 Å². The maximum Gasteiger partial charge on any atom is 0.116 e. The third-order valence-electron chi connectivity index (χ3n) is 5.71. The van der Waals surface area contributed by atoms with Gasteiger partial charge in [0.15, 0.2) is 0 Å². The van der Waals surface area contributed by atoms with Crippen molar-refractivity contribution in [3.05, 3.63) is 59.6 Å². The first kappa shape index (κ1) is 18.6. The number of nitriles is 1.